The van der Waals surface area contributed by atoms with Gasteiger partial charge in [0, 0.05) is 17.8 Å². The lowest BCUT2D eigenvalue weighted by Gasteiger charge is -2.19. The van der Waals surface area contributed by atoms with Crippen LogP contribution in [0.3, 0.4) is 0 Å². The summed E-state index contributed by atoms with van der Waals surface area (Å²) in [6, 6.07) is 1.75. The molecule has 0 radical (unpaired) electrons. The van der Waals surface area contributed by atoms with Crippen molar-refractivity contribution in [1.82, 2.24) is 15.5 Å². The van der Waals surface area contributed by atoms with Gasteiger partial charge in [0.15, 0.2) is 0 Å². The van der Waals surface area contributed by atoms with Crippen LogP contribution in [-0.4, -0.2) is 28.1 Å². The summed E-state index contributed by atoms with van der Waals surface area (Å²) < 4.78 is 5.26. The zero-order valence-electron chi connectivity index (χ0n) is 13.6. The molecule has 7 heteroatoms. The van der Waals surface area contributed by atoms with Crippen molar-refractivity contribution in [3.05, 3.63) is 23.0 Å². The third-order valence-corrected chi connectivity index (χ3v) is 3.10. The molecule has 3 N–H and O–H groups in total. The maximum atomic E-state index is 12.5. The normalized spacial score (nSPS) is 11.6. The summed E-state index contributed by atoms with van der Waals surface area (Å²) in [5, 5.41) is 7.58. The van der Waals surface area contributed by atoms with E-state index in [1.165, 1.54) is 0 Å². The van der Waals surface area contributed by atoms with Crippen LogP contribution in [0.15, 0.2) is 10.6 Å². The summed E-state index contributed by atoms with van der Waals surface area (Å²) in [6.45, 7) is 9.93. The first kappa shape index (κ1) is 18.4. The van der Waals surface area contributed by atoms with Gasteiger partial charge in [-0.15, -0.1) is 12.4 Å². The number of nitrogens with zero attached hydrogens (tertiary/aromatic N) is 2. The molecule has 0 bridgehead atoms. The molecule has 0 saturated carbocycles. The van der Waals surface area contributed by atoms with E-state index in [2.05, 4.69) is 15.5 Å². The second kappa shape index (κ2) is 6.62. The molecular formula is C15H23ClN4O2. The lowest BCUT2D eigenvalue weighted by molar-refractivity contribution is 0.0947. The monoisotopic (exact) mass is 326 g/mol. The summed E-state index contributed by atoms with van der Waals surface area (Å²) in [6.07, 6.45) is 0. The Morgan fingerprint density at radius 3 is 2.64 bits per heavy atom. The minimum Gasteiger partial charge on any atom is -0.350 e. The van der Waals surface area contributed by atoms with E-state index in [0.29, 0.717) is 28.9 Å². The lowest BCUT2D eigenvalue weighted by atomic mass is 10.0. The summed E-state index contributed by atoms with van der Waals surface area (Å²) in [4.78, 5) is 16.8. The first-order valence-corrected chi connectivity index (χ1v) is 7.03. The summed E-state index contributed by atoms with van der Waals surface area (Å²) in [5.41, 5.74) is 7.83. The van der Waals surface area contributed by atoms with Gasteiger partial charge in [-0.3, -0.25) is 4.79 Å². The Hall–Kier alpha value is -1.66. The van der Waals surface area contributed by atoms with Crippen LogP contribution in [0.5, 0.6) is 0 Å². The number of fused-ring (bicyclic) bond motifs is 1. The number of nitrogens with one attached hydrogen (secondary N) is 1. The number of halogens is 1. The maximum Gasteiger partial charge on any atom is 0.259 e. The van der Waals surface area contributed by atoms with Crippen LogP contribution in [0, 0.1) is 6.92 Å². The van der Waals surface area contributed by atoms with Crippen LogP contribution in [0.25, 0.3) is 11.1 Å². The van der Waals surface area contributed by atoms with Crippen LogP contribution in [-0.2, 0) is 0 Å². The predicted octanol–water partition coefficient (Wildman–Crippen LogP) is 2.54. The fourth-order valence-corrected chi connectivity index (χ4v) is 2.07. The zero-order valence-corrected chi connectivity index (χ0v) is 14.4. The molecule has 0 saturated heterocycles. The molecule has 0 atom stereocenters. The number of aromatic nitrogens is 2. The van der Waals surface area contributed by atoms with Crippen LogP contribution in [0.1, 0.15) is 55.4 Å². The SMILES string of the molecule is Cc1cc(C(=O)NCC(C)(C)N)c2c(C(C)C)noc2n1.Cl. The molecule has 2 aromatic heterocycles. The van der Waals surface area contributed by atoms with Gasteiger partial charge >= 0.3 is 0 Å². The molecule has 6 nitrogen and oxygen atoms in total. The molecule has 0 aromatic carbocycles. The number of aryl methyl sites for hydroxylation is 1. The smallest absolute Gasteiger partial charge is 0.259 e. The minimum absolute atomic E-state index is 0. The predicted molar refractivity (Wildman–Crippen MR) is 88.5 cm³/mol. The van der Waals surface area contributed by atoms with Gasteiger partial charge in [-0.25, -0.2) is 4.98 Å². The van der Waals surface area contributed by atoms with Crippen molar-refractivity contribution in [3.63, 3.8) is 0 Å². The second-order valence-corrected chi connectivity index (χ2v) is 6.39. The highest BCUT2D eigenvalue weighted by Crippen LogP contribution is 2.27. The number of carbonyl (C=O) groups excluding carboxylic acids is 1. The van der Waals surface area contributed by atoms with Crippen molar-refractivity contribution in [2.75, 3.05) is 6.54 Å². The fourth-order valence-electron chi connectivity index (χ4n) is 2.07. The van der Waals surface area contributed by atoms with Crippen molar-refractivity contribution < 1.29 is 9.32 Å². The van der Waals surface area contributed by atoms with Crippen molar-refractivity contribution in [1.29, 1.82) is 0 Å². The number of carbonyl (C=O) groups is 1. The lowest BCUT2D eigenvalue weighted by Crippen LogP contribution is -2.45. The summed E-state index contributed by atoms with van der Waals surface area (Å²) >= 11 is 0. The van der Waals surface area contributed by atoms with Gasteiger partial charge in [0.05, 0.1) is 16.6 Å². The molecule has 0 aliphatic carbocycles. The van der Waals surface area contributed by atoms with Crippen molar-refractivity contribution in [2.24, 2.45) is 5.73 Å². The molecule has 1 amide bonds. The Morgan fingerprint density at radius 2 is 2.09 bits per heavy atom. The van der Waals surface area contributed by atoms with E-state index in [1.807, 2.05) is 34.6 Å². The van der Waals surface area contributed by atoms with Gasteiger partial charge in [-0.2, -0.15) is 0 Å². The second-order valence-electron chi connectivity index (χ2n) is 6.39. The fraction of sp³-hybridized carbons (Fsp3) is 0.533. The largest absolute Gasteiger partial charge is 0.350 e. The molecule has 0 unspecified atom stereocenters. The first-order valence-electron chi connectivity index (χ1n) is 7.03. The molecule has 0 fully saturated rings. The molecule has 22 heavy (non-hydrogen) atoms. The minimum atomic E-state index is -0.466. The molecule has 0 spiro atoms. The van der Waals surface area contributed by atoms with Gasteiger partial charge in [-0.1, -0.05) is 19.0 Å². The third kappa shape index (κ3) is 3.96. The number of pyridine rings is 1. The van der Waals surface area contributed by atoms with Crippen LogP contribution in [0.2, 0.25) is 0 Å². The van der Waals surface area contributed by atoms with E-state index in [9.17, 15) is 4.79 Å². The molecule has 122 valence electrons. The van der Waals surface area contributed by atoms with E-state index < -0.39 is 5.54 Å². The average molecular weight is 327 g/mol. The van der Waals surface area contributed by atoms with E-state index in [0.717, 1.165) is 5.69 Å². The Balaban J connectivity index is 0.00000242. The first-order chi connectivity index (χ1) is 9.69. The van der Waals surface area contributed by atoms with E-state index in [-0.39, 0.29) is 24.2 Å². The number of nitrogens with two attached hydrogens (primary N) is 1. The number of hydrogen-bond acceptors (Lipinski definition) is 5. The van der Waals surface area contributed by atoms with Gasteiger partial charge < -0.3 is 15.6 Å². The Labute approximate surface area is 136 Å². The molecule has 0 aliphatic rings. The zero-order chi connectivity index (χ0) is 15.8. The maximum absolute atomic E-state index is 12.5. The number of rotatable bonds is 4. The van der Waals surface area contributed by atoms with E-state index in [1.54, 1.807) is 6.07 Å². The summed E-state index contributed by atoms with van der Waals surface area (Å²) in [5.74, 6) is -0.0395. The summed E-state index contributed by atoms with van der Waals surface area (Å²) in [7, 11) is 0. The van der Waals surface area contributed by atoms with Crippen molar-refractivity contribution in [3.8, 4) is 0 Å². The van der Waals surface area contributed by atoms with E-state index in [4.69, 9.17) is 10.3 Å². The van der Waals surface area contributed by atoms with Gasteiger partial charge in [0.25, 0.3) is 11.6 Å². The average Bonchev–Trinajstić information content (AvgIpc) is 2.77. The molecule has 2 aromatic rings. The molecule has 2 rings (SSSR count). The van der Waals surface area contributed by atoms with E-state index >= 15 is 0 Å². The third-order valence-electron chi connectivity index (χ3n) is 3.10. The Bertz CT molecular complexity index is 674. The molecule has 2 heterocycles. The molecular weight excluding hydrogens is 304 g/mol. The van der Waals surface area contributed by atoms with Gasteiger partial charge in [0.2, 0.25) is 0 Å². The highest BCUT2D eigenvalue weighted by molar-refractivity contribution is 6.06. The Kier molecular flexibility index (Phi) is 5.54. The van der Waals surface area contributed by atoms with Crippen LogP contribution in [0.4, 0.5) is 0 Å². The van der Waals surface area contributed by atoms with Gasteiger partial charge in [-0.05, 0) is 32.8 Å². The quantitative estimate of drug-likeness (QED) is 0.900. The highest BCUT2D eigenvalue weighted by atomic mass is 35.5. The van der Waals surface area contributed by atoms with Crippen LogP contribution >= 0.6 is 12.4 Å². The van der Waals surface area contributed by atoms with Crippen molar-refractivity contribution >= 4 is 29.4 Å². The van der Waals surface area contributed by atoms with Crippen LogP contribution < -0.4 is 11.1 Å². The van der Waals surface area contributed by atoms with Gasteiger partial charge in [0.1, 0.15) is 0 Å². The topological polar surface area (TPSA) is 94.0 Å². The highest BCUT2D eigenvalue weighted by Gasteiger charge is 2.22. The Morgan fingerprint density at radius 1 is 1.45 bits per heavy atom. The van der Waals surface area contributed by atoms with Crippen molar-refractivity contribution in [2.45, 2.75) is 46.1 Å². The number of hydrogen-bond donors (Lipinski definition) is 2. The number of amides is 1. The molecule has 0 aliphatic heterocycles. The standard InChI is InChI=1S/C15H22N4O2.ClH/c1-8(2)12-11-10(13(20)17-7-15(4,5)16)6-9(3)18-14(11)21-19-12;/h6,8H,7,16H2,1-5H3,(H,17,20);1H.